The first-order valence-corrected chi connectivity index (χ1v) is 28.9. The molecule has 3 heterocycles. The summed E-state index contributed by atoms with van der Waals surface area (Å²) in [5.41, 5.74) is 23.5. The molecule has 0 radical (unpaired) electrons. The fraction of sp³-hybridized carbons (Fsp3) is 0.0127. The topological polar surface area (TPSA) is 19.6 Å². The molecule has 0 N–H and O–H groups in total. The van der Waals surface area contributed by atoms with Crippen LogP contribution >= 0.6 is 0 Å². The van der Waals surface area contributed by atoms with Crippen molar-refractivity contribution in [3.05, 3.63) is 344 Å². The van der Waals surface area contributed by atoms with E-state index in [-0.39, 0.29) is 0 Å². The number of para-hydroxylation sites is 9. The SMILES string of the molecule is c1ccc(N(c2ccc(-n3c4ccccc4c4ccccc43)cc2)c2ccc3c(c2)C2(c4cc(N(c5ccccc5)c5ccc(-n6c7ccccc7c7ccccc76)cc5)ccc4-3)c3ccccc3N(c3ccccc3)c3ccccc32)cc1. The average molecular weight is 1070 g/mol. The van der Waals surface area contributed by atoms with E-state index in [1.807, 2.05) is 0 Å². The minimum absolute atomic E-state index is 0.749. The van der Waals surface area contributed by atoms with Crippen LogP contribution in [0.2, 0.25) is 0 Å². The van der Waals surface area contributed by atoms with Crippen LogP contribution in [0.1, 0.15) is 22.3 Å². The molecule has 13 aromatic carbocycles. The molecule has 2 aliphatic rings. The molecule has 0 bridgehead atoms. The maximum absolute atomic E-state index is 2.50. The van der Waals surface area contributed by atoms with Crippen LogP contribution in [0.25, 0.3) is 66.1 Å². The average Bonchev–Trinajstić information content (AvgIpc) is 1.51. The van der Waals surface area contributed by atoms with E-state index in [0.29, 0.717) is 0 Å². The summed E-state index contributed by atoms with van der Waals surface area (Å²) in [6, 6.07) is 118. The Hall–Kier alpha value is -11.1. The van der Waals surface area contributed by atoms with Crippen molar-refractivity contribution in [1.29, 1.82) is 0 Å². The number of hydrogen-bond donors (Lipinski definition) is 0. The predicted molar refractivity (Wildman–Crippen MR) is 350 cm³/mol. The van der Waals surface area contributed by atoms with Crippen LogP contribution in [0.5, 0.6) is 0 Å². The fourth-order valence-electron chi connectivity index (χ4n) is 14.2. The molecule has 5 nitrogen and oxygen atoms in total. The molecule has 0 unspecified atom stereocenters. The summed E-state index contributed by atoms with van der Waals surface area (Å²) in [5.74, 6) is 0. The van der Waals surface area contributed by atoms with Crippen molar-refractivity contribution in [1.82, 2.24) is 9.13 Å². The first-order chi connectivity index (χ1) is 41.7. The van der Waals surface area contributed by atoms with Gasteiger partial charge < -0.3 is 23.8 Å². The Kier molecular flexibility index (Phi) is 10.8. The Morgan fingerprint density at radius 2 is 0.536 bits per heavy atom. The van der Waals surface area contributed by atoms with Gasteiger partial charge in [0.2, 0.25) is 0 Å². The number of anilines is 9. The van der Waals surface area contributed by atoms with Gasteiger partial charge in [-0.2, -0.15) is 0 Å². The Bertz CT molecular complexity index is 4620. The molecule has 394 valence electrons. The van der Waals surface area contributed by atoms with Crippen LogP contribution in [0.3, 0.4) is 0 Å². The molecule has 1 spiro atoms. The van der Waals surface area contributed by atoms with Crippen molar-refractivity contribution >= 4 is 94.8 Å². The number of rotatable bonds is 9. The second-order valence-electron chi connectivity index (χ2n) is 22.0. The second kappa shape index (κ2) is 19.0. The molecule has 1 aliphatic heterocycles. The second-order valence-corrected chi connectivity index (χ2v) is 22.0. The van der Waals surface area contributed by atoms with Gasteiger partial charge in [-0.05, 0) is 179 Å². The van der Waals surface area contributed by atoms with Crippen LogP contribution < -0.4 is 14.7 Å². The van der Waals surface area contributed by atoms with E-state index in [1.165, 1.54) is 77.0 Å². The number of fused-ring (bicyclic) bond motifs is 15. The summed E-state index contributed by atoms with van der Waals surface area (Å²) in [7, 11) is 0. The van der Waals surface area contributed by atoms with Crippen molar-refractivity contribution in [3.8, 4) is 22.5 Å². The summed E-state index contributed by atoms with van der Waals surface area (Å²) in [5, 5.41) is 5.00. The Morgan fingerprint density at radius 1 is 0.226 bits per heavy atom. The minimum atomic E-state index is -0.749. The van der Waals surface area contributed by atoms with Gasteiger partial charge in [0.05, 0.1) is 38.9 Å². The maximum atomic E-state index is 2.50. The third-order valence-electron chi connectivity index (χ3n) is 17.7. The number of nitrogens with zero attached hydrogens (tertiary/aromatic N) is 5. The predicted octanol–water partition coefficient (Wildman–Crippen LogP) is 21.0. The van der Waals surface area contributed by atoms with E-state index in [9.17, 15) is 0 Å². The van der Waals surface area contributed by atoms with Gasteiger partial charge in [-0.3, -0.25) is 0 Å². The number of benzene rings is 13. The molecule has 1 aliphatic carbocycles. The molecule has 0 fully saturated rings. The van der Waals surface area contributed by atoms with E-state index < -0.39 is 5.41 Å². The fourth-order valence-corrected chi connectivity index (χ4v) is 14.2. The van der Waals surface area contributed by atoms with E-state index in [0.717, 1.165) is 62.6 Å². The number of aromatic nitrogens is 2. The van der Waals surface area contributed by atoms with Crippen molar-refractivity contribution in [2.45, 2.75) is 5.41 Å². The van der Waals surface area contributed by atoms with Gasteiger partial charge in [-0.15, -0.1) is 0 Å². The van der Waals surface area contributed by atoms with Gasteiger partial charge in [-0.1, -0.05) is 176 Å². The molecule has 0 saturated heterocycles. The zero-order chi connectivity index (χ0) is 55.3. The quantitative estimate of drug-likeness (QED) is 0.144. The summed E-state index contributed by atoms with van der Waals surface area (Å²) in [6.07, 6.45) is 0. The van der Waals surface area contributed by atoms with Crippen LogP contribution in [-0.2, 0) is 5.41 Å². The molecule has 15 aromatic rings. The minimum Gasteiger partial charge on any atom is -0.310 e. The molecule has 2 aromatic heterocycles. The zero-order valence-corrected chi connectivity index (χ0v) is 45.8. The highest BCUT2D eigenvalue weighted by molar-refractivity contribution is 6.10. The molecule has 0 amide bonds. The van der Waals surface area contributed by atoms with Crippen LogP contribution in [0.4, 0.5) is 51.2 Å². The molecule has 17 rings (SSSR count). The third-order valence-corrected chi connectivity index (χ3v) is 17.7. The van der Waals surface area contributed by atoms with Gasteiger partial charge >= 0.3 is 0 Å². The van der Waals surface area contributed by atoms with Crippen molar-refractivity contribution in [3.63, 3.8) is 0 Å². The van der Waals surface area contributed by atoms with E-state index in [1.54, 1.807) is 0 Å². The first kappa shape index (κ1) is 47.6. The Balaban J connectivity index is 0.868. The summed E-state index contributed by atoms with van der Waals surface area (Å²) in [4.78, 5) is 7.31. The van der Waals surface area contributed by atoms with E-state index in [4.69, 9.17) is 0 Å². The van der Waals surface area contributed by atoms with Crippen LogP contribution in [0, 0.1) is 0 Å². The van der Waals surface area contributed by atoms with Gasteiger partial charge in [0.1, 0.15) is 0 Å². The lowest BCUT2D eigenvalue weighted by molar-refractivity contribution is 0.752. The number of hydrogen-bond acceptors (Lipinski definition) is 3. The van der Waals surface area contributed by atoms with Crippen molar-refractivity contribution in [2.75, 3.05) is 14.7 Å². The van der Waals surface area contributed by atoms with E-state index >= 15 is 0 Å². The van der Waals surface area contributed by atoms with E-state index in [2.05, 4.69) is 345 Å². The largest absolute Gasteiger partial charge is 0.310 e. The lowest BCUT2D eigenvalue weighted by Gasteiger charge is -2.45. The highest BCUT2D eigenvalue weighted by atomic mass is 15.2. The Labute approximate surface area is 487 Å². The first-order valence-electron chi connectivity index (χ1n) is 28.9. The third kappa shape index (κ3) is 7.09. The van der Waals surface area contributed by atoms with Gasteiger partial charge in [0.25, 0.3) is 0 Å². The molecular formula is C79H53N5. The van der Waals surface area contributed by atoms with Crippen molar-refractivity contribution in [2.24, 2.45) is 0 Å². The standard InChI is InChI=1S/C79H53N5/c1-4-22-54(23-5-1)80(57-40-44-59(45-41-57)82-73-34-16-10-28-65(73)66-29-11-17-35-74(66)82)61-48-50-63-64-51-49-62(53-72(64)79(71(63)52-61)69-32-14-20-38-77(69)84(56-26-8-3-9-27-56)78-39-21-15-33-70(78)79)81(55-24-6-2-7-25-55)58-42-46-60(47-43-58)83-75-36-18-12-30-67(75)68-31-13-19-37-76(68)83/h1-53H. The van der Waals surface area contributed by atoms with Gasteiger partial charge in [-0.25, -0.2) is 0 Å². The maximum Gasteiger partial charge on any atom is 0.0755 e. The lowest BCUT2D eigenvalue weighted by Crippen LogP contribution is -2.36. The molecule has 0 atom stereocenters. The van der Waals surface area contributed by atoms with Crippen LogP contribution in [-0.4, -0.2) is 9.13 Å². The molecule has 5 heteroatoms. The molecule has 0 saturated carbocycles. The summed E-state index contributed by atoms with van der Waals surface area (Å²) in [6.45, 7) is 0. The molecule has 84 heavy (non-hydrogen) atoms. The highest BCUT2D eigenvalue weighted by Gasteiger charge is 2.52. The smallest absolute Gasteiger partial charge is 0.0755 e. The summed E-state index contributed by atoms with van der Waals surface area (Å²) >= 11 is 0. The van der Waals surface area contributed by atoms with Gasteiger partial charge in [0.15, 0.2) is 0 Å². The molecular weight excluding hydrogens is 1020 g/mol. The normalized spacial score (nSPS) is 12.8. The van der Waals surface area contributed by atoms with Crippen LogP contribution in [0.15, 0.2) is 322 Å². The monoisotopic (exact) mass is 1070 g/mol. The zero-order valence-electron chi connectivity index (χ0n) is 45.8. The Morgan fingerprint density at radius 3 is 0.929 bits per heavy atom. The summed E-state index contributed by atoms with van der Waals surface area (Å²) < 4.78 is 4.78. The highest BCUT2D eigenvalue weighted by Crippen LogP contribution is 2.64. The lowest BCUT2D eigenvalue weighted by atomic mass is 9.64. The van der Waals surface area contributed by atoms with Crippen molar-refractivity contribution < 1.29 is 0 Å². The van der Waals surface area contributed by atoms with Gasteiger partial charge in [0, 0.05) is 72.7 Å².